The molecule has 0 aliphatic carbocycles. The van der Waals surface area contributed by atoms with Crippen LogP contribution in [0.15, 0.2) is 35.8 Å². The predicted octanol–water partition coefficient (Wildman–Crippen LogP) is 3.21. The van der Waals surface area contributed by atoms with Crippen LogP contribution < -0.4 is 11.1 Å². The number of thiophene rings is 1. The summed E-state index contributed by atoms with van der Waals surface area (Å²) in [6, 6.07) is 7.99. The van der Waals surface area contributed by atoms with E-state index in [1.807, 2.05) is 35.8 Å². The van der Waals surface area contributed by atoms with Gasteiger partial charge >= 0.3 is 0 Å². The second-order valence-corrected chi connectivity index (χ2v) is 6.27. The Kier molecular flexibility index (Phi) is 4.16. The Hall–Kier alpha value is -2.60. The Morgan fingerprint density at radius 3 is 2.87 bits per heavy atom. The lowest BCUT2D eigenvalue weighted by Crippen LogP contribution is -2.17. The molecule has 118 valence electrons. The Morgan fingerprint density at radius 1 is 1.30 bits per heavy atom. The highest BCUT2D eigenvalue weighted by molar-refractivity contribution is 7.15. The van der Waals surface area contributed by atoms with Crippen LogP contribution >= 0.6 is 11.3 Å². The molecule has 0 spiro atoms. The molecule has 2 aromatic heterocycles. The SMILES string of the molecule is Cc1csc(NC(=O)CCc2c[nH]c3ccccc23)c1C(N)=O. The smallest absolute Gasteiger partial charge is 0.251 e. The van der Waals surface area contributed by atoms with Gasteiger partial charge < -0.3 is 16.0 Å². The van der Waals surface area contributed by atoms with Gasteiger partial charge in [0.05, 0.1) is 5.56 Å². The van der Waals surface area contributed by atoms with Crippen molar-refractivity contribution in [2.45, 2.75) is 19.8 Å². The molecule has 3 rings (SSSR count). The van der Waals surface area contributed by atoms with Crippen molar-refractivity contribution >= 4 is 39.1 Å². The summed E-state index contributed by atoms with van der Waals surface area (Å²) < 4.78 is 0. The molecule has 3 aromatic rings. The van der Waals surface area contributed by atoms with Gasteiger partial charge in [0.2, 0.25) is 5.91 Å². The highest BCUT2D eigenvalue weighted by Crippen LogP contribution is 2.27. The van der Waals surface area contributed by atoms with Gasteiger partial charge in [0.25, 0.3) is 5.91 Å². The first-order chi connectivity index (χ1) is 11.1. The largest absolute Gasteiger partial charge is 0.365 e. The molecule has 0 fully saturated rings. The zero-order valence-corrected chi connectivity index (χ0v) is 13.5. The average Bonchev–Trinajstić information content (AvgIpc) is 3.09. The number of aryl methyl sites for hydroxylation is 2. The molecule has 0 atom stereocenters. The number of carbonyl (C=O) groups is 2. The summed E-state index contributed by atoms with van der Waals surface area (Å²) in [6.45, 7) is 1.80. The van der Waals surface area contributed by atoms with Crippen LogP contribution in [0.5, 0.6) is 0 Å². The Bertz CT molecular complexity index is 879. The maximum atomic E-state index is 12.2. The summed E-state index contributed by atoms with van der Waals surface area (Å²) >= 11 is 1.32. The molecule has 0 bridgehead atoms. The molecule has 0 unspecified atom stereocenters. The van der Waals surface area contributed by atoms with Crippen LogP contribution in [-0.4, -0.2) is 16.8 Å². The molecule has 5 nitrogen and oxygen atoms in total. The van der Waals surface area contributed by atoms with Gasteiger partial charge in [-0.15, -0.1) is 11.3 Å². The second kappa shape index (κ2) is 6.26. The summed E-state index contributed by atoms with van der Waals surface area (Å²) in [5, 5.41) is 6.26. The fourth-order valence-corrected chi connectivity index (χ4v) is 3.58. The first-order valence-corrected chi connectivity index (χ1v) is 8.17. The van der Waals surface area contributed by atoms with Crippen molar-refractivity contribution in [2.75, 3.05) is 5.32 Å². The number of carbonyl (C=O) groups excluding carboxylic acids is 2. The maximum Gasteiger partial charge on any atom is 0.251 e. The number of para-hydroxylation sites is 1. The number of anilines is 1. The van der Waals surface area contributed by atoms with Crippen LogP contribution in [-0.2, 0) is 11.2 Å². The number of hydrogen-bond acceptors (Lipinski definition) is 3. The molecule has 0 aliphatic heterocycles. The normalized spacial score (nSPS) is 10.8. The second-order valence-electron chi connectivity index (χ2n) is 5.39. The van der Waals surface area contributed by atoms with Crippen LogP contribution in [0.1, 0.15) is 27.9 Å². The number of primary amides is 1. The van der Waals surface area contributed by atoms with Crippen molar-refractivity contribution in [1.82, 2.24) is 4.98 Å². The number of nitrogens with two attached hydrogens (primary N) is 1. The lowest BCUT2D eigenvalue weighted by Gasteiger charge is -2.05. The van der Waals surface area contributed by atoms with Crippen molar-refractivity contribution in [3.63, 3.8) is 0 Å². The predicted molar refractivity (Wildman–Crippen MR) is 92.8 cm³/mol. The topological polar surface area (TPSA) is 88.0 Å². The van der Waals surface area contributed by atoms with E-state index in [0.29, 0.717) is 23.4 Å². The molecule has 0 saturated heterocycles. The zero-order valence-electron chi connectivity index (χ0n) is 12.7. The summed E-state index contributed by atoms with van der Waals surface area (Å²) in [5.41, 5.74) is 8.71. The van der Waals surface area contributed by atoms with Crippen LogP contribution in [0.4, 0.5) is 5.00 Å². The Balaban J connectivity index is 1.67. The first-order valence-electron chi connectivity index (χ1n) is 7.29. The van der Waals surface area contributed by atoms with E-state index in [0.717, 1.165) is 22.0 Å². The van der Waals surface area contributed by atoms with Gasteiger partial charge in [-0.1, -0.05) is 18.2 Å². The summed E-state index contributed by atoms with van der Waals surface area (Å²) in [4.78, 5) is 26.8. The number of amides is 2. The molecule has 0 aliphatic rings. The average molecular weight is 327 g/mol. The number of H-pyrrole nitrogens is 1. The summed E-state index contributed by atoms with van der Waals surface area (Å²) in [5.74, 6) is -0.643. The van der Waals surface area contributed by atoms with Gasteiger partial charge in [0.1, 0.15) is 5.00 Å². The fourth-order valence-electron chi connectivity index (χ4n) is 2.62. The number of nitrogens with one attached hydrogen (secondary N) is 2. The standard InChI is InChI=1S/C17H17N3O2S/c1-10-9-23-17(15(10)16(18)22)20-14(21)7-6-11-8-19-13-5-3-2-4-12(11)13/h2-5,8-9,19H,6-7H2,1H3,(H2,18,22)(H,20,21). The molecule has 2 amide bonds. The molecule has 2 heterocycles. The fraction of sp³-hybridized carbons (Fsp3) is 0.176. The van der Waals surface area contributed by atoms with E-state index in [9.17, 15) is 9.59 Å². The van der Waals surface area contributed by atoms with Crippen LogP contribution in [0, 0.1) is 6.92 Å². The van der Waals surface area contributed by atoms with Gasteiger partial charge in [-0.3, -0.25) is 9.59 Å². The van der Waals surface area contributed by atoms with E-state index in [2.05, 4.69) is 10.3 Å². The van der Waals surface area contributed by atoms with Crippen LogP contribution in [0.3, 0.4) is 0 Å². The molecule has 0 radical (unpaired) electrons. The number of hydrogen-bond donors (Lipinski definition) is 3. The Morgan fingerprint density at radius 2 is 2.09 bits per heavy atom. The van der Waals surface area contributed by atoms with E-state index in [-0.39, 0.29) is 5.91 Å². The molecule has 4 N–H and O–H groups in total. The quantitative estimate of drug-likeness (QED) is 0.672. The van der Waals surface area contributed by atoms with Crippen molar-refractivity contribution in [3.8, 4) is 0 Å². The molecular weight excluding hydrogens is 310 g/mol. The van der Waals surface area contributed by atoms with Crippen LogP contribution in [0.2, 0.25) is 0 Å². The number of benzene rings is 1. The van der Waals surface area contributed by atoms with Crippen LogP contribution in [0.25, 0.3) is 10.9 Å². The van der Waals surface area contributed by atoms with E-state index in [4.69, 9.17) is 5.73 Å². The number of aromatic nitrogens is 1. The molecule has 0 saturated carbocycles. The Labute approximate surface area is 137 Å². The van der Waals surface area contributed by atoms with E-state index in [1.165, 1.54) is 11.3 Å². The van der Waals surface area contributed by atoms with Crippen molar-refractivity contribution < 1.29 is 9.59 Å². The molecule has 6 heteroatoms. The number of rotatable bonds is 5. The van der Waals surface area contributed by atoms with E-state index in [1.54, 1.807) is 6.92 Å². The number of fused-ring (bicyclic) bond motifs is 1. The highest BCUT2D eigenvalue weighted by Gasteiger charge is 2.16. The van der Waals surface area contributed by atoms with Gasteiger partial charge in [-0.25, -0.2) is 0 Å². The summed E-state index contributed by atoms with van der Waals surface area (Å²) in [7, 11) is 0. The third-order valence-electron chi connectivity index (χ3n) is 3.77. The van der Waals surface area contributed by atoms with Gasteiger partial charge in [-0.05, 0) is 35.9 Å². The van der Waals surface area contributed by atoms with Crippen molar-refractivity contribution in [1.29, 1.82) is 0 Å². The van der Waals surface area contributed by atoms with Crippen molar-refractivity contribution in [3.05, 3.63) is 52.5 Å². The number of aromatic amines is 1. The lowest BCUT2D eigenvalue weighted by atomic mass is 10.1. The maximum absolute atomic E-state index is 12.2. The van der Waals surface area contributed by atoms with E-state index < -0.39 is 5.91 Å². The molecule has 23 heavy (non-hydrogen) atoms. The third-order valence-corrected chi connectivity index (χ3v) is 4.78. The monoisotopic (exact) mass is 327 g/mol. The molecular formula is C17H17N3O2S. The zero-order chi connectivity index (χ0) is 16.4. The lowest BCUT2D eigenvalue weighted by molar-refractivity contribution is -0.116. The highest BCUT2D eigenvalue weighted by atomic mass is 32.1. The first kappa shape index (κ1) is 15.3. The minimum Gasteiger partial charge on any atom is -0.365 e. The van der Waals surface area contributed by atoms with Gasteiger partial charge in [0, 0.05) is 23.5 Å². The van der Waals surface area contributed by atoms with E-state index >= 15 is 0 Å². The van der Waals surface area contributed by atoms with Gasteiger partial charge in [0.15, 0.2) is 0 Å². The minimum atomic E-state index is -0.518. The molecule has 1 aromatic carbocycles. The van der Waals surface area contributed by atoms with Crippen molar-refractivity contribution in [2.24, 2.45) is 5.73 Å². The van der Waals surface area contributed by atoms with Gasteiger partial charge in [-0.2, -0.15) is 0 Å². The third kappa shape index (κ3) is 3.12. The summed E-state index contributed by atoms with van der Waals surface area (Å²) in [6.07, 6.45) is 2.91. The minimum absolute atomic E-state index is 0.125.